The number of rotatable bonds is 2. The number of nitrogens with zero attached hydrogens (tertiary/aromatic N) is 1. The van der Waals surface area contributed by atoms with Gasteiger partial charge in [-0.3, -0.25) is 9.69 Å². The average Bonchev–Trinajstić information content (AvgIpc) is 2.64. The molecule has 0 bridgehead atoms. The van der Waals surface area contributed by atoms with E-state index in [2.05, 4.69) is 10.8 Å². The van der Waals surface area contributed by atoms with E-state index in [4.69, 9.17) is 11.2 Å². The molecule has 0 aromatic rings. The maximum Gasteiger partial charge on any atom is 0.174 e. The molecule has 0 amide bonds. The fourth-order valence-corrected chi connectivity index (χ4v) is 2.23. The fourth-order valence-electron chi connectivity index (χ4n) is 2.23. The van der Waals surface area contributed by atoms with Crippen LogP contribution in [0.5, 0.6) is 0 Å². The third-order valence-electron chi connectivity index (χ3n) is 3.02. The minimum Gasteiger partial charge on any atom is -0.367 e. The molecule has 0 saturated carbocycles. The zero-order chi connectivity index (χ0) is 9.97. The smallest absolute Gasteiger partial charge is 0.174 e. The van der Waals surface area contributed by atoms with Crippen molar-refractivity contribution < 1.29 is 9.53 Å². The molecule has 0 spiro atoms. The summed E-state index contributed by atoms with van der Waals surface area (Å²) in [6.07, 6.45) is 7.45. The van der Waals surface area contributed by atoms with Gasteiger partial charge in [0.15, 0.2) is 5.78 Å². The molecule has 76 valence electrons. The molecule has 2 aliphatic rings. The third kappa shape index (κ3) is 1.82. The van der Waals surface area contributed by atoms with Crippen LogP contribution in [0.1, 0.15) is 19.3 Å². The van der Waals surface area contributed by atoms with Gasteiger partial charge >= 0.3 is 0 Å². The number of carbonyl (C=O) groups is 1. The largest absolute Gasteiger partial charge is 0.367 e. The van der Waals surface area contributed by atoms with Crippen molar-refractivity contribution >= 4 is 5.78 Å². The van der Waals surface area contributed by atoms with Gasteiger partial charge in [-0.15, -0.1) is 6.42 Å². The van der Waals surface area contributed by atoms with Crippen LogP contribution < -0.4 is 0 Å². The predicted octanol–water partition coefficient (Wildman–Crippen LogP) is 0.442. The van der Waals surface area contributed by atoms with Crippen LogP contribution in [0.3, 0.4) is 0 Å². The average molecular weight is 193 g/mol. The van der Waals surface area contributed by atoms with E-state index < -0.39 is 0 Å². The molecule has 0 aromatic heterocycles. The molecular formula is C11H15NO2. The van der Waals surface area contributed by atoms with Gasteiger partial charge in [0.1, 0.15) is 6.10 Å². The first kappa shape index (κ1) is 9.70. The molecule has 2 atom stereocenters. The van der Waals surface area contributed by atoms with Crippen LogP contribution in [-0.4, -0.2) is 42.5 Å². The highest BCUT2D eigenvalue weighted by atomic mass is 16.5. The lowest BCUT2D eigenvalue weighted by molar-refractivity contribution is -0.137. The highest BCUT2D eigenvalue weighted by Gasteiger charge is 2.34. The Hall–Kier alpha value is -0.850. The van der Waals surface area contributed by atoms with Crippen LogP contribution in [0.15, 0.2) is 0 Å². The lowest BCUT2D eigenvalue weighted by Gasteiger charge is -2.34. The van der Waals surface area contributed by atoms with Crippen LogP contribution in [0.4, 0.5) is 0 Å². The number of hydrogen-bond donors (Lipinski definition) is 0. The number of morpholine rings is 1. The van der Waals surface area contributed by atoms with Crippen molar-refractivity contribution in [3.05, 3.63) is 0 Å². The SMILES string of the molecule is C#CCC(=O)C1CN2CCCC2CO1. The number of ether oxygens (including phenoxy) is 1. The molecule has 3 heteroatoms. The molecule has 2 heterocycles. The second-order valence-electron chi connectivity index (χ2n) is 3.96. The van der Waals surface area contributed by atoms with Gasteiger partial charge in [0.05, 0.1) is 13.0 Å². The van der Waals surface area contributed by atoms with Gasteiger partial charge in [-0.1, -0.05) is 5.92 Å². The molecule has 0 radical (unpaired) electrons. The molecule has 3 nitrogen and oxygen atoms in total. The number of terminal acetylenes is 1. The Kier molecular flexibility index (Phi) is 2.85. The Labute approximate surface area is 84.4 Å². The summed E-state index contributed by atoms with van der Waals surface area (Å²) in [4.78, 5) is 13.8. The lowest BCUT2D eigenvalue weighted by Crippen LogP contribution is -2.48. The predicted molar refractivity (Wildman–Crippen MR) is 52.8 cm³/mol. The highest BCUT2D eigenvalue weighted by Crippen LogP contribution is 2.23. The number of carbonyl (C=O) groups excluding carboxylic acids is 1. The van der Waals surface area contributed by atoms with Crippen molar-refractivity contribution in [3.8, 4) is 12.3 Å². The van der Waals surface area contributed by atoms with E-state index in [1.54, 1.807) is 0 Å². The molecule has 2 unspecified atom stereocenters. The van der Waals surface area contributed by atoms with Gasteiger partial charge in [0, 0.05) is 12.6 Å². The topological polar surface area (TPSA) is 29.5 Å². The van der Waals surface area contributed by atoms with Crippen LogP contribution in [-0.2, 0) is 9.53 Å². The van der Waals surface area contributed by atoms with E-state index in [9.17, 15) is 4.79 Å². The minimum absolute atomic E-state index is 0.0536. The summed E-state index contributed by atoms with van der Waals surface area (Å²) in [7, 11) is 0. The lowest BCUT2D eigenvalue weighted by atomic mass is 10.1. The monoisotopic (exact) mass is 193 g/mol. The Morgan fingerprint density at radius 3 is 3.29 bits per heavy atom. The van der Waals surface area contributed by atoms with Crippen LogP contribution in [0.2, 0.25) is 0 Å². The second-order valence-corrected chi connectivity index (χ2v) is 3.96. The van der Waals surface area contributed by atoms with E-state index >= 15 is 0 Å². The van der Waals surface area contributed by atoms with Crippen molar-refractivity contribution in [2.45, 2.75) is 31.4 Å². The first-order chi connectivity index (χ1) is 6.81. The number of Topliss-reactive ketones (excluding diaryl/α,β-unsaturated/α-hetero) is 1. The first-order valence-corrected chi connectivity index (χ1v) is 5.13. The number of fused-ring (bicyclic) bond motifs is 1. The van der Waals surface area contributed by atoms with Gasteiger partial charge in [-0.05, 0) is 19.4 Å². The van der Waals surface area contributed by atoms with Gasteiger partial charge in [-0.2, -0.15) is 0 Å². The van der Waals surface area contributed by atoms with Gasteiger partial charge in [0.25, 0.3) is 0 Å². The van der Waals surface area contributed by atoms with Gasteiger partial charge < -0.3 is 4.74 Å². The molecule has 2 rings (SSSR count). The molecule has 0 aliphatic carbocycles. The van der Waals surface area contributed by atoms with E-state index in [0.717, 1.165) is 13.1 Å². The molecule has 2 saturated heterocycles. The summed E-state index contributed by atoms with van der Waals surface area (Å²) >= 11 is 0. The quantitative estimate of drug-likeness (QED) is 0.596. The van der Waals surface area contributed by atoms with E-state index in [-0.39, 0.29) is 18.3 Å². The Morgan fingerprint density at radius 2 is 2.50 bits per heavy atom. The molecule has 2 aliphatic heterocycles. The highest BCUT2D eigenvalue weighted by molar-refractivity contribution is 5.85. The fraction of sp³-hybridized carbons (Fsp3) is 0.727. The maximum absolute atomic E-state index is 11.5. The summed E-state index contributed by atoms with van der Waals surface area (Å²) < 4.78 is 5.52. The zero-order valence-electron chi connectivity index (χ0n) is 8.24. The molecular weight excluding hydrogens is 178 g/mol. The van der Waals surface area contributed by atoms with Crippen molar-refractivity contribution in [1.82, 2.24) is 4.90 Å². The normalized spacial score (nSPS) is 32.2. The maximum atomic E-state index is 11.5. The van der Waals surface area contributed by atoms with Crippen molar-refractivity contribution in [3.63, 3.8) is 0 Å². The standard InChI is InChI=1S/C11H15NO2/c1-2-4-10(13)11-7-12-6-3-5-9(12)8-14-11/h1,9,11H,3-8H2. The van der Waals surface area contributed by atoms with E-state index in [1.165, 1.54) is 12.8 Å². The molecule has 0 N–H and O–H groups in total. The number of hydrogen-bond acceptors (Lipinski definition) is 3. The summed E-state index contributed by atoms with van der Waals surface area (Å²) in [6.45, 7) is 2.54. The van der Waals surface area contributed by atoms with E-state index in [0.29, 0.717) is 12.6 Å². The molecule has 0 aromatic carbocycles. The van der Waals surface area contributed by atoms with Crippen molar-refractivity contribution in [1.29, 1.82) is 0 Å². The van der Waals surface area contributed by atoms with E-state index in [1.807, 2.05) is 0 Å². The third-order valence-corrected chi connectivity index (χ3v) is 3.02. The van der Waals surface area contributed by atoms with Crippen LogP contribution in [0, 0.1) is 12.3 Å². The zero-order valence-corrected chi connectivity index (χ0v) is 8.24. The van der Waals surface area contributed by atoms with Crippen molar-refractivity contribution in [2.24, 2.45) is 0 Å². The van der Waals surface area contributed by atoms with Crippen molar-refractivity contribution in [2.75, 3.05) is 19.7 Å². The first-order valence-electron chi connectivity index (χ1n) is 5.13. The van der Waals surface area contributed by atoms with Gasteiger partial charge in [-0.25, -0.2) is 0 Å². The van der Waals surface area contributed by atoms with Crippen LogP contribution in [0.25, 0.3) is 0 Å². The summed E-state index contributed by atoms with van der Waals surface area (Å²) in [5.74, 6) is 2.43. The van der Waals surface area contributed by atoms with Crippen LogP contribution >= 0.6 is 0 Å². The molecule has 14 heavy (non-hydrogen) atoms. The summed E-state index contributed by atoms with van der Waals surface area (Å²) in [6, 6.07) is 0.546. The Morgan fingerprint density at radius 1 is 1.64 bits per heavy atom. The summed E-state index contributed by atoms with van der Waals surface area (Å²) in [5, 5.41) is 0. The minimum atomic E-state index is -0.277. The molecule has 2 fully saturated rings. The summed E-state index contributed by atoms with van der Waals surface area (Å²) in [5.41, 5.74) is 0. The number of ketones is 1. The Bertz CT molecular complexity index is 269. The second kappa shape index (κ2) is 4.12. The Balaban J connectivity index is 1.91. The van der Waals surface area contributed by atoms with Gasteiger partial charge in [0.2, 0.25) is 0 Å².